The first-order valence-corrected chi connectivity index (χ1v) is 12.6. The number of aryl methyl sites for hydroxylation is 1. The largest absolute Gasteiger partial charge is 0.378 e. The second-order valence-electron chi connectivity index (χ2n) is 9.50. The summed E-state index contributed by atoms with van der Waals surface area (Å²) in [6.07, 6.45) is 0. The molecule has 1 N–H and O–H groups in total. The molecule has 0 radical (unpaired) electrons. The van der Waals surface area contributed by atoms with Crippen LogP contribution in [-0.2, 0) is 4.74 Å². The molecule has 1 fully saturated rings. The van der Waals surface area contributed by atoms with E-state index >= 15 is 0 Å². The summed E-state index contributed by atoms with van der Waals surface area (Å²) in [5.74, 6) is 1.79. The van der Waals surface area contributed by atoms with Crippen LogP contribution >= 0.6 is 0 Å². The Hall–Kier alpha value is -4.04. The number of nitrogens with zero attached hydrogens (tertiary/aromatic N) is 5. The van der Waals surface area contributed by atoms with Crippen molar-refractivity contribution in [3.8, 4) is 0 Å². The Balaban J connectivity index is 1.55. The monoisotopic (exact) mass is 496 g/mol. The number of urea groups is 1. The number of benzene rings is 2. The third-order valence-electron chi connectivity index (χ3n) is 7.08. The number of ether oxygens (including phenoxy) is 1. The van der Waals surface area contributed by atoms with Gasteiger partial charge in [-0.1, -0.05) is 56.3 Å². The molecule has 5 rings (SSSR count). The smallest absolute Gasteiger partial charge is 0.321 e. The minimum atomic E-state index is -0.112. The van der Waals surface area contributed by atoms with Crippen molar-refractivity contribution < 1.29 is 9.53 Å². The van der Waals surface area contributed by atoms with Crippen molar-refractivity contribution in [2.75, 3.05) is 31.6 Å². The molecule has 0 spiro atoms. The quantitative estimate of drug-likeness (QED) is 0.485. The predicted octanol–water partition coefficient (Wildman–Crippen LogP) is 5.49. The summed E-state index contributed by atoms with van der Waals surface area (Å²) in [5.41, 5.74) is 5.79. The van der Waals surface area contributed by atoms with Gasteiger partial charge in [-0.25, -0.2) is 19.5 Å². The van der Waals surface area contributed by atoms with E-state index < -0.39 is 0 Å². The topological polar surface area (TPSA) is 84.1 Å². The Kier molecular flexibility index (Phi) is 7.01. The van der Waals surface area contributed by atoms with E-state index in [-0.39, 0.29) is 17.9 Å². The van der Waals surface area contributed by atoms with Crippen LogP contribution in [0, 0.1) is 18.8 Å². The van der Waals surface area contributed by atoms with E-state index in [4.69, 9.17) is 9.73 Å². The first kappa shape index (κ1) is 24.6. The number of morpholine rings is 1. The van der Waals surface area contributed by atoms with E-state index in [1.165, 1.54) is 5.57 Å². The number of nitrogens with one attached hydrogen (secondary N) is 1. The molecule has 190 valence electrons. The zero-order chi connectivity index (χ0) is 25.9. The summed E-state index contributed by atoms with van der Waals surface area (Å²) in [7, 11) is 0. The van der Waals surface area contributed by atoms with Crippen LogP contribution in [0.2, 0.25) is 0 Å². The van der Waals surface area contributed by atoms with E-state index in [9.17, 15) is 4.79 Å². The summed E-state index contributed by atoms with van der Waals surface area (Å²) in [4.78, 5) is 23.8. The van der Waals surface area contributed by atoms with Gasteiger partial charge < -0.3 is 15.0 Å². The lowest BCUT2D eigenvalue weighted by atomic mass is 9.79. The molecule has 0 bridgehead atoms. The number of carbonyl (C=O) groups is 1. The molecular weight excluding hydrogens is 464 g/mol. The number of allylic oxidation sites excluding steroid dienone is 1. The van der Waals surface area contributed by atoms with Crippen LogP contribution in [0.1, 0.15) is 30.7 Å². The van der Waals surface area contributed by atoms with Gasteiger partial charge in [-0.2, -0.15) is 5.10 Å². The molecule has 37 heavy (non-hydrogen) atoms. The van der Waals surface area contributed by atoms with Gasteiger partial charge >= 0.3 is 6.03 Å². The number of hydrogen-bond donors (Lipinski definition) is 1. The van der Waals surface area contributed by atoms with Crippen molar-refractivity contribution >= 4 is 41.4 Å². The highest BCUT2D eigenvalue weighted by Crippen LogP contribution is 2.42. The van der Waals surface area contributed by atoms with Crippen molar-refractivity contribution in [2.24, 2.45) is 21.8 Å². The van der Waals surface area contributed by atoms with E-state index in [0.29, 0.717) is 32.1 Å². The summed E-state index contributed by atoms with van der Waals surface area (Å²) in [6, 6.07) is 20.1. The number of carbonyl (C=O) groups excluding carboxylic acids is 1. The zero-order valence-electron chi connectivity index (χ0n) is 21.5. The number of hydrogen-bond acceptors (Lipinski definition) is 5. The number of aromatic nitrogens is 2. The molecule has 2 atom stereocenters. The van der Waals surface area contributed by atoms with Crippen molar-refractivity contribution in [1.29, 1.82) is 0 Å². The minimum Gasteiger partial charge on any atom is -0.378 e. The third-order valence-corrected chi connectivity index (χ3v) is 7.08. The Morgan fingerprint density at radius 2 is 1.73 bits per heavy atom. The summed E-state index contributed by atoms with van der Waals surface area (Å²) < 4.78 is 7.16. The zero-order valence-corrected chi connectivity index (χ0v) is 21.5. The van der Waals surface area contributed by atoms with Crippen LogP contribution in [0.15, 0.2) is 70.6 Å². The molecule has 3 aromatic rings. The van der Waals surface area contributed by atoms with E-state index in [0.717, 1.165) is 34.0 Å². The van der Waals surface area contributed by atoms with Gasteiger partial charge in [-0.15, -0.1) is 0 Å². The average molecular weight is 497 g/mol. The van der Waals surface area contributed by atoms with Gasteiger partial charge in [0.25, 0.3) is 0 Å². The van der Waals surface area contributed by atoms with E-state index in [2.05, 4.69) is 60.2 Å². The van der Waals surface area contributed by atoms with Gasteiger partial charge in [-0.05, 0) is 42.8 Å². The standard InChI is InChI=1S/C29H32N6O2/c1-19-18-25(30-4)35(33-19)28-21(3)20(2)26(22-8-6-5-7-9-22)27(32-28)23-10-12-24(13-11-23)31-29(36)34-14-16-37-17-15-34/h5-13,18,20-21H,4,14-17H2,1-3H3,(H,31,36). The lowest BCUT2D eigenvalue weighted by Crippen LogP contribution is -2.43. The normalized spacial score (nSPS) is 20.0. The summed E-state index contributed by atoms with van der Waals surface area (Å²) >= 11 is 0. The summed E-state index contributed by atoms with van der Waals surface area (Å²) in [5, 5.41) is 7.67. The van der Waals surface area contributed by atoms with Crippen molar-refractivity contribution in [3.63, 3.8) is 0 Å². The van der Waals surface area contributed by atoms with Crippen molar-refractivity contribution in [3.05, 3.63) is 77.5 Å². The molecule has 8 nitrogen and oxygen atoms in total. The summed E-state index contributed by atoms with van der Waals surface area (Å²) in [6.45, 7) is 12.4. The Morgan fingerprint density at radius 3 is 2.41 bits per heavy atom. The highest BCUT2D eigenvalue weighted by Gasteiger charge is 2.32. The fourth-order valence-corrected chi connectivity index (χ4v) is 4.89. The average Bonchev–Trinajstić information content (AvgIpc) is 3.31. The van der Waals surface area contributed by atoms with Gasteiger partial charge in [0.15, 0.2) is 5.82 Å². The van der Waals surface area contributed by atoms with Crippen molar-refractivity contribution in [1.82, 2.24) is 14.7 Å². The lowest BCUT2D eigenvalue weighted by molar-refractivity contribution is 0.0564. The molecular formula is C29H32N6O2. The van der Waals surface area contributed by atoms with E-state index in [1.807, 2.05) is 48.0 Å². The maximum atomic E-state index is 12.6. The molecule has 2 amide bonds. The molecule has 2 aromatic carbocycles. The highest BCUT2D eigenvalue weighted by molar-refractivity contribution is 6.04. The molecule has 2 aliphatic heterocycles. The Morgan fingerprint density at radius 1 is 1.03 bits per heavy atom. The fraction of sp³-hybridized carbons (Fsp3) is 0.310. The molecule has 3 heterocycles. The van der Waals surface area contributed by atoms with Gasteiger partial charge in [-0.3, -0.25) is 0 Å². The van der Waals surface area contributed by atoms with Gasteiger partial charge in [0.1, 0.15) is 5.84 Å². The van der Waals surface area contributed by atoms with Crippen LogP contribution in [0.5, 0.6) is 0 Å². The SMILES string of the molecule is C=Nc1cc(C)nn1C1=NC(c2ccc(NC(=O)N3CCOCC3)cc2)=C(c2ccccc2)C(C)C1C. The molecule has 2 unspecified atom stereocenters. The molecule has 2 aliphatic rings. The highest BCUT2D eigenvalue weighted by atomic mass is 16.5. The molecule has 1 saturated heterocycles. The van der Waals surface area contributed by atoms with Gasteiger partial charge in [0.2, 0.25) is 0 Å². The van der Waals surface area contributed by atoms with Crippen LogP contribution < -0.4 is 5.32 Å². The van der Waals surface area contributed by atoms with Crippen LogP contribution in [0.25, 0.3) is 11.3 Å². The maximum absolute atomic E-state index is 12.6. The molecule has 1 aromatic heterocycles. The first-order chi connectivity index (χ1) is 18.0. The number of rotatable bonds is 4. The molecule has 8 heteroatoms. The third kappa shape index (κ3) is 4.97. The lowest BCUT2D eigenvalue weighted by Gasteiger charge is -2.31. The molecule has 0 saturated carbocycles. The Labute approximate surface area is 217 Å². The fourth-order valence-electron chi connectivity index (χ4n) is 4.89. The number of amides is 2. The van der Waals surface area contributed by atoms with Crippen molar-refractivity contribution in [2.45, 2.75) is 20.8 Å². The minimum absolute atomic E-state index is 0.103. The van der Waals surface area contributed by atoms with Crippen LogP contribution in [0.3, 0.4) is 0 Å². The predicted molar refractivity (Wildman–Crippen MR) is 148 cm³/mol. The second kappa shape index (κ2) is 10.5. The second-order valence-corrected chi connectivity index (χ2v) is 9.50. The number of aliphatic imine (C=N–C) groups is 2. The van der Waals surface area contributed by atoms with Gasteiger partial charge in [0.05, 0.1) is 24.6 Å². The number of anilines is 1. The van der Waals surface area contributed by atoms with Gasteiger partial charge in [0, 0.05) is 36.3 Å². The first-order valence-electron chi connectivity index (χ1n) is 12.6. The van der Waals surface area contributed by atoms with E-state index in [1.54, 1.807) is 4.90 Å². The molecule has 0 aliphatic carbocycles. The Bertz CT molecular complexity index is 1350. The maximum Gasteiger partial charge on any atom is 0.321 e. The van der Waals surface area contributed by atoms with Crippen LogP contribution in [-0.4, -0.2) is 59.6 Å². The van der Waals surface area contributed by atoms with Crippen LogP contribution in [0.4, 0.5) is 16.3 Å².